The van der Waals surface area contributed by atoms with Crippen LogP contribution in [0.2, 0.25) is 0 Å². The zero-order chi connectivity index (χ0) is 22.6. The number of ether oxygens (including phenoxy) is 2. The molecule has 0 aliphatic rings. The van der Waals surface area contributed by atoms with E-state index in [9.17, 15) is 4.79 Å². The molecule has 0 fully saturated rings. The summed E-state index contributed by atoms with van der Waals surface area (Å²) in [5.41, 5.74) is 3.49. The molecular formula is C24H34N4O3. The summed E-state index contributed by atoms with van der Waals surface area (Å²) in [6.07, 6.45) is 1.65. The average molecular weight is 427 g/mol. The predicted molar refractivity (Wildman–Crippen MR) is 125 cm³/mol. The monoisotopic (exact) mass is 426 g/mol. The van der Waals surface area contributed by atoms with Gasteiger partial charge in [0.25, 0.3) is 0 Å². The summed E-state index contributed by atoms with van der Waals surface area (Å²) >= 11 is 0. The lowest BCUT2D eigenvalue weighted by Gasteiger charge is -2.14. The number of benzene rings is 2. The Kier molecular flexibility index (Phi) is 9.68. The minimum Gasteiger partial charge on any atom is -0.497 e. The van der Waals surface area contributed by atoms with Crippen LogP contribution in [-0.4, -0.2) is 64.7 Å². The Labute approximate surface area is 185 Å². The Hall–Kier alpha value is -3.22. The van der Waals surface area contributed by atoms with Crippen molar-refractivity contribution in [3.63, 3.8) is 0 Å². The van der Waals surface area contributed by atoms with Crippen LogP contribution in [0.5, 0.6) is 11.5 Å². The fraction of sp³-hybridized carbons (Fsp3) is 0.417. The molecule has 0 radical (unpaired) electrons. The van der Waals surface area contributed by atoms with Crippen LogP contribution in [0.3, 0.4) is 0 Å². The van der Waals surface area contributed by atoms with E-state index in [1.54, 1.807) is 28.3 Å². The number of hydrogen-bond acceptors (Lipinski definition) is 4. The molecule has 0 spiro atoms. The molecule has 0 unspecified atom stereocenters. The normalized spacial score (nSPS) is 11.1. The van der Waals surface area contributed by atoms with Crippen molar-refractivity contribution in [1.29, 1.82) is 0 Å². The van der Waals surface area contributed by atoms with Crippen LogP contribution in [0.25, 0.3) is 0 Å². The molecule has 1 amide bonds. The summed E-state index contributed by atoms with van der Waals surface area (Å²) in [7, 11) is 6.80. The van der Waals surface area contributed by atoms with E-state index in [0.29, 0.717) is 19.0 Å². The van der Waals surface area contributed by atoms with E-state index in [4.69, 9.17) is 9.47 Å². The van der Waals surface area contributed by atoms with Crippen molar-refractivity contribution < 1.29 is 14.3 Å². The second kappa shape index (κ2) is 12.5. The van der Waals surface area contributed by atoms with E-state index in [2.05, 4.69) is 33.8 Å². The fourth-order valence-corrected chi connectivity index (χ4v) is 2.93. The Morgan fingerprint density at radius 3 is 2.13 bits per heavy atom. The standard InChI is InChI=1S/C24H34N4O3/c1-18-6-7-20(16-22(18)31-5)13-15-26-24(27-17-23(29)28(2)3)25-14-12-19-8-10-21(30-4)11-9-19/h6-11,16H,12-15,17H2,1-5H3,(H2,25,26,27). The van der Waals surface area contributed by atoms with E-state index < -0.39 is 0 Å². The number of aliphatic imine (C=N–C) groups is 1. The molecule has 2 rings (SSSR count). The molecule has 0 saturated heterocycles. The molecule has 0 saturated carbocycles. The number of rotatable bonds is 10. The van der Waals surface area contributed by atoms with Crippen LogP contribution in [0.4, 0.5) is 0 Å². The second-order valence-electron chi connectivity index (χ2n) is 7.46. The number of likely N-dealkylation sites (N-methyl/N-ethyl adjacent to an activating group) is 1. The van der Waals surface area contributed by atoms with Crippen molar-refractivity contribution in [2.75, 3.05) is 47.9 Å². The maximum atomic E-state index is 11.9. The molecule has 0 aromatic heterocycles. The molecule has 7 heteroatoms. The van der Waals surface area contributed by atoms with Gasteiger partial charge in [-0.1, -0.05) is 24.3 Å². The summed E-state index contributed by atoms with van der Waals surface area (Å²) in [4.78, 5) is 17.9. The van der Waals surface area contributed by atoms with Crippen molar-refractivity contribution in [1.82, 2.24) is 15.5 Å². The van der Waals surface area contributed by atoms with Gasteiger partial charge in [-0.05, 0) is 54.7 Å². The van der Waals surface area contributed by atoms with Crippen LogP contribution in [0.1, 0.15) is 16.7 Å². The number of guanidine groups is 1. The third-order valence-electron chi connectivity index (χ3n) is 4.91. The molecule has 0 bridgehead atoms. The predicted octanol–water partition coefficient (Wildman–Crippen LogP) is 2.42. The van der Waals surface area contributed by atoms with Gasteiger partial charge in [0, 0.05) is 27.2 Å². The van der Waals surface area contributed by atoms with Crippen molar-refractivity contribution in [3.8, 4) is 11.5 Å². The van der Waals surface area contributed by atoms with E-state index in [0.717, 1.165) is 29.9 Å². The first-order valence-corrected chi connectivity index (χ1v) is 10.4. The van der Waals surface area contributed by atoms with Crippen LogP contribution in [0.15, 0.2) is 47.5 Å². The lowest BCUT2D eigenvalue weighted by atomic mass is 10.1. The first-order valence-electron chi connectivity index (χ1n) is 10.4. The number of hydrogen-bond donors (Lipinski definition) is 2. The van der Waals surface area contributed by atoms with Crippen molar-refractivity contribution in [2.45, 2.75) is 19.8 Å². The molecule has 0 aliphatic heterocycles. The largest absolute Gasteiger partial charge is 0.497 e. The number of carbonyl (C=O) groups excluding carboxylic acids is 1. The Morgan fingerprint density at radius 2 is 1.55 bits per heavy atom. The highest BCUT2D eigenvalue weighted by atomic mass is 16.5. The van der Waals surface area contributed by atoms with Crippen LogP contribution in [0, 0.1) is 6.92 Å². The van der Waals surface area contributed by atoms with Gasteiger partial charge in [0.15, 0.2) is 5.96 Å². The SMILES string of the molecule is COc1ccc(CCNC(=NCC(=O)N(C)C)NCCc2ccc(C)c(OC)c2)cc1. The molecule has 2 aromatic rings. The fourth-order valence-electron chi connectivity index (χ4n) is 2.93. The van der Waals surface area contributed by atoms with Gasteiger partial charge >= 0.3 is 0 Å². The molecule has 0 atom stereocenters. The van der Waals surface area contributed by atoms with Crippen molar-refractivity contribution in [3.05, 3.63) is 59.2 Å². The molecule has 2 N–H and O–H groups in total. The Balaban J connectivity index is 1.92. The summed E-state index contributed by atoms with van der Waals surface area (Å²) in [5.74, 6) is 2.32. The molecular weight excluding hydrogens is 392 g/mol. The van der Waals surface area contributed by atoms with Crippen molar-refractivity contribution in [2.24, 2.45) is 4.99 Å². The van der Waals surface area contributed by atoms with Crippen molar-refractivity contribution >= 4 is 11.9 Å². The topological polar surface area (TPSA) is 75.2 Å². The highest BCUT2D eigenvalue weighted by Gasteiger charge is 2.06. The van der Waals surface area contributed by atoms with Crippen LogP contribution >= 0.6 is 0 Å². The molecule has 7 nitrogen and oxygen atoms in total. The van der Waals surface area contributed by atoms with E-state index in [1.807, 2.05) is 31.2 Å². The summed E-state index contributed by atoms with van der Waals surface area (Å²) in [5, 5.41) is 6.65. The number of methoxy groups -OCH3 is 2. The number of nitrogens with zero attached hydrogens (tertiary/aromatic N) is 2. The van der Waals surface area contributed by atoms with Gasteiger partial charge in [0.05, 0.1) is 14.2 Å². The third kappa shape index (κ3) is 8.20. The van der Waals surface area contributed by atoms with Crippen LogP contribution < -0.4 is 20.1 Å². The third-order valence-corrected chi connectivity index (χ3v) is 4.91. The van der Waals surface area contributed by atoms with Gasteiger partial charge in [-0.3, -0.25) is 4.79 Å². The van der Waals surface area contributed by atoms with E-state index >= 15 is 0 Å². The lowest BCUT2D eigenvalue weighted by Crippen LogP contribution is -2.40. The average Bonchev–Trinajstić information content (AvgIpc) is 2.78. The first kappa shape index (κ1) is 24.1. The molecule has 31 heavy (non-hydrogen) atoms. The maximum Gasteiger partial charge on any atom is 0.243 e. The molecule has 168 valence electrons. The van der Waals surface area contributed by atoms with E-state index in [1.165, 1.54) is 16.0 Å². The summed E-state index contributed by atoms with van der Waals surface area (Å²) in [6, 6.07) is 14.2. The maximum absolute atomic E-state index is 11.9. The number of nitrogens with one attached hydrogen (secondary N) is 2. The highest BCUT2D eigenvalue weighted by Crippen LogP contribution is 2.19. The summed E-state index contributed by atoms with van der Waals surface area (Å²) < 4.78 is 10.6. The Morgan fingerprint density at radius 1 is 0.935 bits per heavy atom. The number of aryl methyl sites for hydroxylation is 1. The zero-order valence-electron chi connectivity index (χ0n) is 19.2. The van der Waals surface area contributed by atoms with Crippen LogP contribution in [-0.2, 0) is 17.6 Å². The summed E-state index contributed by atoms with van der Waals surface area (Å²) in [6.45, 7) is 3.52. The Bertz CT molecular complexity index is 864. The van der Waals surface area contributed by atoms with E-state index in [-0.39, 0.29) is 12.5 Å². The van der Waals surface area contributed by atoms with Gasteiger partial charge < -0.3 is 25.0 Å². The minimum atomic E-state index is -0.0421. The first-order chi connectivity index (χ1) is 14.9. The minimum absolute atomic E-state index is 0.0421. The van der Waals surface area contributed by atoms with Gasteiger partial charge in [-0.15, -0.1) is 0 Å². The van der Waals surface area contributed by atoms with Gasteiger partial charge in [-0.25, -0.2) is 4.99 Å². The van der Waals surface area contributed by atoms with Gasteiger partial charge in [-0.2, -0.15) is 0 Å². The molecule has 0 aliphatic carbocycles. The highest BCUT2D eigenvalue weighted by molar-refractivity contribution is 5.84. The second-order valence-corrected chi connectivity index (χ2v) is 7.46. The number of carbonyl (C=O) groups is 1. The van der Waals surface area contributed by atoms with Gasteiger partial charge in [0.1, 0.15) is 18.0 Å². The smallest absolute Gasteiger partial charge is 0.243 e. The molecule has 0 heterocycles. The molecule has 2 aromatic carbocycles. The van der Waals surface area contributed by atoms with Gasteiger partial charge in [0.2, 0.25) is 5.91 Å². The zero-order valence-corrected chi connectivity index (χ0v) is 19.2. The lowest BCUT2D eigenvalue weighted by molar-refractivity contribution is -0.127. The number of amides is 1. The quantitative estimate of drug-likeness (QED) is 0.451.